The SMILES string of the molecule is ONc1nnc(-c2cc(Cl)cc(C(F)(F)F)c2)c(-c2ccc(Cl)cc2)n1. The predicted molar refractivity (Wildman–Crippen MR) is 91.1 cm³/mol. The van der Waals surface area contributed by atoms with E-state index in [1.165, 1.54) is 6.07 Å². The van der Waals surface area contributed by atoms with Gasteiger partial charge in [0.25, 0.3) is 5.95 Å². The van der Waals surface area contributed by atoms with Crippen LogP contribution in [0, 0.1) is 0 Å². The summed E-state index contributed by atoms with van der Waals surface area (Å²) in [5.74, 6) is -0.211. The second-order valence-electron chi connectivity index (χ2n) is 5.18. The van der Waals surface area contributed by atoms with Gasteiger partial charge in [-0.15, -0.1) is 10.2 Å². The minimum absolute atomic E-state index is 0.0688. The minimum Gasteiger partial charge on any atom is -0.288 e. The van der Waals surface area contributed by atoms with E-state index in [0.717, 1.165) is 12.1 Å². The highest BCUT2D eigenvalue weighted by molar-refractivity contribution is 6.31. The summed E-state index contributed by atoms with van der Waals surface area (Å²) in [6, 6.07) is 9.47. The first-order valence-electron chi connectivity index (χ1n) is 7.07. The number of benzene rings is 2. The van der Waals surface area contributed by atoms with Gasteiger partial charge in [0.15, 0.2) is 0 Å². The molecule has 3 aromatic rings. The van der Waals surface area contributed by atoms with E-state index in [0.29, 0.717) is 10.6 Å². The molecule has 0 atom stereocenters. The van der Waals surface area contributed by atoms with Crippen LogP contribution in [0.25, 0.3) is 22.5 Å². The van der Waals surface area contributed by atoms with Gasteiger partial charge in [0.2, 0.25) is 0 Å². The first kappa shape index (κ1) is 18.4. The van der Waals surface area contributed by atoms with Gasteiger partial charge in [-0.25, -0.2) is 10.5 Å². The molecule has 1 aromatic heterocycles. The highest BCUT2D eigenvalue weighted by Crippen LogP contribution is 2.36. The van der Waals surface area contributed by atoms with Crippen molar-refractivity contribution in [2.45, 2.75) is 6.18 Å². The van der Waals surface area contributed by atoms with Crippen molar-refractivity contribution < 1.29 is 18.4 Å². The van der Waals surface area contributed by atoms with Gasteiger partial charge < -0.3 is 0 Å². The quantitative estimate of drug-likeness (QED) is 0.581. The van der Waals surface area contributed by atoms with Gasteiger partial charge in [-0.3, -0.25) is 5.21 Å². The lowest BCUT2D eigenvalue weighted by atomic mass is 10.0. The Morgan fingerprint density at radius 1 is 0.846 bits per heavy atom. The molecular weight excluding hydrogens is 392 g/mol. The highest BCUT2D eigenvalue weighted by Gasteiger charge is 2.31. The van der Waals surface area contributed by atoms with Crippen LogP contribution in [0.4, 0.5) is 19.1 Å². The van der Waals surface area contributed by atoms with Gasteiger partial charge in [-0.05, 0) is 30.3 Å². The monoisotopic (exact) mass is 400 g/mol. The van der Waals surface area contributed by atoms with E-state index < -0.39 is 11.7 Å². The van der Waals surface area contributed by atoms with Crippen LogP contribution in [0.3, 0.4) is 0 Å². The summed E-state index contributed by atoms with van der Waals surface area (Å²) in [5.41, 5.74) is 1.70. The average molecular weight is 401 g/mol. The Morgan fingerprint density at radius 3 is 2.15 bits per heavy atom. The zero-order valence-electron chi connectivity index (χ0n) is 12.7. The molecule has 0 aliphatic carbocycles. The molecule has 1 heterocycles. The zero-order valence-corrected chi connectivity index (χ0v) is 14.2. The maximum Gasteiger partial charge on any atom is 0.416 e. The second kappa shape index (κ2) is 7.06. The smallest absolute Gasteiger partial charge is 0.288 e. The van der Waals surface area contributed by atoms with Crippen LogP contribution in [0.1, 0.15) is 5.56 Å². The van der Waals surface area contributed by atoms with Crippen LogP contribution in [-0.2, 0) is 6.18 Å². The first-order chi connectivity index (χ1) is 12.3. The van der Waals surface area contributed by atoms with Crippen molar-refractivity contribution in [2.75, 3.05) is 5.48 Å². The fourth-order valence-corrected chi connectivity index (χ4v) is 2.63. The van der Waals surface area contributed by atoms with Crippen LogP contribution in [0.15, 0.2) is 42.5 Å². The lowest BCUT2D eigenvalue weighted by Crippen LogP contribution is -2.06. The molecule has 0 fully saturated rings. The molecule has 5 nitrogen and oxygen atoms in total. The Labute approximate surface area is 155 Å². The first-order valence-corrected chi connectivity index (χ1v) is 7.82. The lowest BCUT2D eigenvalue weighted by Gasteiger charge is -2.12. The molecule has 0 amide bonds. The molecule has 0 aliphatic rings. The third-order valence-corrected chi connectivity index (χ3v) is 3.87. The highest BCUT2D eigenvalue weighted by atomic mass is 35.5. The number of alkyl halides is 3. The molecular formula is C16H9Cl2F3N4O. The summed E-state index contributed by atoms with van der Waals surface area (Å²) in [7, 11) is 0. The molecule has 0 saturated heterocycles. The number of hydrogen-bond donors (Lipinski definition) is 2. The topological polar surface area (TPSA) is 70.9 Å². The number of hydrogen-bond acceptors (Lipinski definition) is 5. The Hall–Kier alpha value is -2.42. The van der Waals surface area contributed by atoms with Crippen molar-refractivity contribution in [3.63, 3.8) is 0 Å². The summed E-state index contributed by atoms with van der Waals surface area (Å²) in [4.78, 5) is 4.09. The van der Waals surface area contributed by atoms with Gasteiger partial charge in [0.05, 0.1) is 5.56 Å². The Morgan fingerprint density at radius 2 is 1.54 bits per heavy atom. The minimum atomic E-state index is -4.58. The number of rotatable bonds is 3. The molecule has 3 rings (SSSR count). The van der Waals surface area contributed by atoms with Gasteiger partial charge >= 0.3 is 6.18 Å². The van der Waals surface area contributed by atoms with Crippen molar-refractivity contribution in [1.82, 2.24) is 15.2 Å². The molecule has 0 spiro atoms. The van der Waals surface area contributed by atoms with Gasteiger partial charge in [-0.1, -0.05) is 35.3 Å². The number of aromatic nitrogens is 3. The maximum absolute atomic E-state index is 13.1. The van der Waals surface area contributed by atoms with Gasteiger partial charge in [-0.2, -0.15) is 13.2 Å². The molecule has 10 heteroatoms. The summed E-state index contributed by atoms with van der Waals surface area (Å²) >= 11 is 11.7. The van der Waals surface area contributed by atoms with Crippen molar-refractivity contribution in [2.24, 2.45) is 0 Å². The summed E-state index contributed by atoms with van der Waals surface area (Å²) in [6.07, 6.45) is -4.58. The maximum atomic E-state index is 13.1. The standard InChI is InChI=1S/C16H9Cl2F3N4O/c17-11-3-1-8(2-4-11)13-14(23-24-15(22-13)25-26)9-5-10(16(19,20)21)7-12(18)6-9/h1-7,26H,(H,22,24,25). The summed E-state index contributed by atoms with van der Waals surface area (Å²) in [5, 5.41) is 16.9. The van der Waals surface area contributed by atoms with Crippen LogP contribution < -0.4 is 5.48 Å². The molecule has 2 aromatic carbocycles. The number of nitrogens with zero attached hydrogens (tertiary/aromatic N) is 3. The van der Waals surface area contributed by atoms with Crippen LogP contribution >= 0.6 is 23.2 Å². The Balaban J connectivity index is 2.22. The van der Waals surface area contributed by atoms with Crippen LogP contribution in [0.2, 0.25) is 10.0 Å². The zero-order chi connectivity index (χ0) is 18.9. The van der Waals surface area contributed by atoms with E-state index in [2.05, 4.69) is 15.2 Å². The molecule has 0 aliphatic heterocycles. The molecule has 0 bridgehead atoms. The Kier molecular flexibility index (Phi) is 4.99. The van der Waals surface area contributed by atoms with E-state index >= 15 is 0 Å². The van der Waals surface area contributed by atoms with E-state index in [9.17, 15) is 13.2 Å². The second-order valence-corrected chi connectivity index (χ2v) is 6.05. The molecule has 0 unspecified atom stereocenters. The molecule has 134 valence electrons. The van der Waals surface area contributed by atoms with Crippen molar-refractivity contribution in [1.29, 1.82) is 0 Å². The van der Waals surface area contributed by atoms with E-state index in [-0.39, 0.29) is 27.9 Å². The normalized spacial score (nSPS) is 11.5. The van der Waals surface area contributed by atoms with Gasteiger partial charge in [0, 0.05) is 21.2 Å². The average Bonchev–Trinajstić information content (AvgIpc) is 2.60. The van der Waals surface area contributed by atoms with Crippen LogP contribution in [-0.4, -0.2) is 20.4 Å². The molecule has 26 heavy (non-hydrogen) atoms. The number of anilines is 1. The van der Waals surface area contributed by atoms with Crippen molar-refractivity contribution >= 4 is 29.2 Å². The van der Waals surface area contributed by atoms with E-state index in [1.807, 2.05) is 0 Å². The fraction of sp³-hybridized carbons (Fsp3) is 0.0625. The van der Waals surface area contributed by atoms with Gasteiger partial charge in [0.1, 0.15) is 11.4 Å². The lowest BCUT2D eigenvalue weighted by molar-refractivity contribution is -0.137. The third-order valence-electron chi connectivity index (χ3n) is 3.40. The number of halogens is 5. The predicted octanol–water partition coefficient (Wildman–Crippen LogP) is 5.33. The largest absolute Gasteiger partial charge is 0.416 e. The summed E-state index contributed by atoms with van der Waals surface area (Å²) < 4.78 is 39.2. The van der Waals surface area contributed by atoms with Crippen molar-refractivity contribution in [3.05, 3.63) is 58.1 Å². The van der Waals surface area contributed by atoms with E-state index in [4.69, 9.17) is 28.4 Å². The Bertz CT molecular complexity index is 949. The molecule has 0 radical (unpaired) electrons. The fourth-order valence-electron chi connectivity index (χ4n) is 2.27. The van der Waals surface area contributed by atoms with Crippen molar-refractivity contribution in [3.8, 4) is 22.5 Å². The third kappa shape index (κ3) is 3.87. The number of nitrogens with one attached hydrogen (secondary N) is 1. The molecule has 2 N–H and O–H groups in total. The van der Waals surface area contributed by atoms with E-state index in [1.54, 1.807) is 29.7 Å². The van der Waals surface area contributed by atoms with Crippen LogP contribution in [0.5, 0.6) is 0 Å². The summed E-state index contributed by atoms with van der Waals surface area (Å²) in [6.45, 7) is 0. The molecule has 0 saturated carbocycles.